The second kappa shape index (κ2) is 9.50. The van der Waals surface area contributed by atoms with Crippen molar-refractivity contribution in [2.24, 2.45) is 0 Å². The molecule has 1 unspecified atom stereocenters. The number of nitrogens with zero attached hydrogens (tertiary/aromatic N) is 1. The molecule has 1 aromatic carbocycles. The molecule has 0 aliphatic rings. The maximum atomic E-state index is 12.8. The van der Waals surface area contributed by atoms with Crippen molar-refractivity contribution in [3.63, 3.8) is 0 Å². The van der Waals surface area contributed by atoms with Crippen LogP contribution in [0.15, 0.2) is 43.0 Å². The van der Waals surface area contributed by atoms with Crippen molar-refractivity contribution in [3.8, 4) is 5.75 Å². The summed E-state index contributed by atoms with van der Waals surface area (Å²) in [5.74, 6) is 0.0877. The highest BCUT2D eigenvalue weighted by molar-refractivity contribution is 7.16. The number of nitro benzene ring substituents is 1. The van der Waals surface area contributed by atoms with E-state index in [4.69, 9.17) is 16.3 Å². The molecule has 2 aromatic rings. The third kappa shape index (κ3) is 5.53. The van der Waals surface area contributed by atoms with E-state index >= 15 is 0 Å². The second-order valence-corrected chi connectivity index (χ2v) is 7.69. The number of hydrogen-bond donors (Lipinski definition) is 2. The average molecular weight is 411 g/mol. The third-order valence-electron chi connectivity index (χ3n) is 4.09. The van der Waals surface area contributed by atoms with Gasteiger partial charge in [0.25, 0.3) is 11.6 Å². The maximum absolute atomic E-state index is 12.8. The number of rotatable bonds is 9. The van der Waals surface area contributed by atoms with Gasteiger partial charge in [0.05, 0.1) is 33.5 Å². The Labute approximate surface area is 166 Å². The Kier molecular flexibility index (Phi) is 7.35. The van der Waals surface area contributed by atoms with E-state index in [0.717, 1.165) is 9.78 Å². The Bertz CT molecular complexity index is 840. The van der Waals surface area contributed by atoms with E-state index in [-0.39, 0.29) is 17.3 Å². The predicted octanol–water partition coefficient (Wildman–Crippen LogP) is 2.92. The monoisotopic (exact) mass is 410 g/mol. The molecule has 9 heteroatoms. The minimum Gasteiger partial charge on any atom is -0.495 e. The molecule has 0 saturated heterocycles. The number of quaternary nitrogens is 1. The Morgan fingerprint density at radius 1 is 1.48 bits per heavy atom. The van der Waals surface area contributed by atoms with Gasteiger partial charge >= 0.3 is 0 Å². The molecule has 0 radical (unpaired) electrons. The van der Waals surface area contributed by atoms with Gasteiger partial charge < -0.3 is 15.0 Å². The number of non-ortho nitro benzene ring substituents is 1. The van der Waals surface area contributed by atoms with Crippen molar-refractivity contribution in [2.45, 2.75) is 19.5 Å². The molecule has 0 spiro atoms. The van der Waals surface area contributed by atoms with Crippen LogP contribution < -0.4 is 15.0 Å². The quantitative estimate of drug-likeness (QED) is 0.378. The average Bonchev–Trinajstić information content (AvgIpc) is 3.05. The smallest absolute Gasteiger partial charge is 0.282 e. The highest BCUT2D eigenvalue weighted by Gasteiger charge is 2.26. The molecule has 1 amide bonds. The van der Waals surface area contributed by atoms with E-state index in [1.807, 2.05) is 12.1 Å². The van der Waals surface area contributed by atoms with E-state index in [1.165, 1.54) is 36.6 Å². The number of hydrogen-bond acceptors (Lipinski definition) is 5. The summed E-state index contributed by atoms with van der Waals surface area (Å²) in [6, 6.07) is 7.41. The molecule has 2 rings (SSSR count). The first-order chi connectivity index (χ1) is 12.8. The summed E-state index contributed by atoms with van der Waals surface area (Å²) in [7, 11) is 1.44. The van der Waals surface area contributed by atoms with Crippen molar-refractivity contribution in [3.05, 3.63) is 62.3 Å². The van der Waals surface area contributed by atoms with Gasteiger partial charge in [-0.25, -0.2) is 0 Å². The number of methoxy groups -OCH3 is 1. The second-order valence-electron chi connectivity index (χ2n) is 5.89. The topological polar surface area (TPSA) is 85.9 Å². The van der Waals surface area contributed by atoms with Gasteiger partial charge in [-0.3, -0.25) is 14.9 Å². The van der Waals surface area contributed by atoms with Crippen molar-refractivity contribution in [2.75, 3.05) is 19.0 Å². The Balaban J connectivity index is 2.17. The summed E-state index contributed by atoms with van der Waals surface area (Å²) in [5.41, 5.74) is 0.142. The first-order valence-corrected chi connectivity index (χ1v) is 9.38. The van der Waals surface area contributed by atoms with Gasteiger partial charge in [0.2, 0.25) is 0 Å². The molecule has 2 N–H and O–H groups in total. The standard InChI is InChI=1S/C18H20ClN3O4S/c1-4-9-21(11-14-6-8-17(19)27-14)12(2)18(23)20-15-10-13(22(24)25)5-7-16(15)26-3/h4-8,10,12H,1,9,11H2,2-3H3,(H,20,23)/p+1/t12-/m1/s1. The van der Waals surface area contributed by atoms with Crippen LogP contribution in [0.5, 0.6) is 5.75 Å². The zero-order valence-corrected chi connectivity index (χ0v) is 16.6. The molecule has 0 aliphatic heterocycles. The van der Waals surface area contributed by atoms with Crippen LogP contribution >= 0.6 is 22.9 Å². The van der Waals surface area contributed by atoms with E-state index in [9.17, 15) is 14.9 Å². The number of carbonyl (C=O) groups is 1. The molecular weight excluding hydrogens is 390 g/mol. The number of nitrogens with one attached hydrogen (secondary N) is 2. The lowest BCUT2D eigenvalue weighted by molar-refractivity contribution is -0.921. The molecule has 1 heterocycles. The molecule has 2 atom stereocenters. The zero-order valence-electron chi connectivity index (χ0n) is 15.0. The van der Waals surface area contributed by atoms with Crippen LogP contribution in [-0.2, 0) is 11.3 Å². The van der Waals surface area contributed by atoms with Crippen LogP contribution in [0.3, 0.4) is 0 Å². The van der Waals surface area contributed by atoms with Crippen LogP contribution in [0.1, 0.15) is 11.8 Å². The summed E-state index contributed by atoms with van der Waals surface area (Å²) >= 11 is 7.45. The molecule has 0 aliphatic carbocycles. The molecule has 7 nitrogen and oxygen atoms in total. The van der Waals surface area contributed by atoms with Gasteiger partial charge in [-0.05, 0) is 31.2 Å². The number of halogens is 1. The summed E-state index contributed by atoms with van der Waals surface area (Å²) in [6.45, 7) is 6.75. The molecule has 0 bridgehead atoms. The molecule has 27 heavy (non-hydrogen) atoms. The summed E-state index contributed by atoms with van der Waals surface area (Å²) in [6.07, 6.45) is 1.75. The fraction of sp³-hybridized carbons (Fsp3) is 0.278. The molecule has 1 aromatic heterocycles. The highest BCUT2D eigenvalue weighted by atomic mass is 35.5. The lowest BCUT2D eigenvalue weighted by Gasteiger charge is -2.24. The van der Waals surface area contributed by atoms with Crippen LogP contribution in [0.25, 0.3) is 0 Å². The van der Waals surface area contributed by atoms with Crippen LogP contribution in [-0.4, -0.2) is 30.5 Å². The molecule has 0 fully saturated rings. The normalized spacial score (nSPS) is 12.9. The van der Waals surface area contributed by atoms with Gasteiger partial charge in [0.15, 0.2) is 6.04 Å². The lowest BCUT2D eigenvalue weighted by Crippen LogP contribution is -3.15. The van der Waals surface area contributed by atoms with Gasteiger partial charge in [0, 0.05) is 12.1 Å². The van der Waals surface area contributed by atoms with Gasteiger partial charge in [-0.1, -0.05) is 18.2 Å². The third-order valence-corrected chi connectivity index (χ3v) is 5.33. The summed E-state index contributed by atoms with van der Waals surface area (Å²) in [5, 5.41) is 13.7. The lowest BCUT2D eigenvalue weighted by atomic mass is 10.2. The molecule has 0 saturated carbocycles. The number of amides is 1. The number of thiophene rings is 1. The number of nitro groups is 1. The minimum atomic E-state index is -0.520. The largest absolute Gasteiger partial charge is 0.495 e. The van der Waals surface area contributed by atoms with Crippen molar-refractivity contribution < 1.29 is 19.4 Å². The number of anilines is 1. The Morgan fingerprint density at radius 2 is 2.22 bits per heavy atom. The number of ether oxygens (including phenoxy) is 1. The Hall–Kier alpha value is -2.42. The molecule has 144 valence electrons. The van der Waals surface area contributed by atoms with Gasteiger partial charge in [0.1, 0.15) is 12.3 Å². The van der Waals surface area contributed by atoms with E-state index in [0.29, 0.717) is 23.2 Å². The highest BCUT2D eigenvalue weighted by Crippen LogP contribution is 2.28. The fourth-order valence-corrected chi connectivity index (χ4v) is 3.73. The number of benzene rings is 1. The van der Waals surface area contributed by atoms with Gasteiger partial charge in [-0.15, -0.1) is 11.3 Å². The van der Waals surface area contributed by atoms with E-state index < -0.39 is 11.0 Å². The minimum absolute atomic E-state index is 0.123. The van der Waals surface area contributed by atoms with Crippen LogP contribution in [0.4, 0.5) is 11.4 Å². The van der Waals surface area contributed by atoms with E-state index in [1.54, 1.807) is 13.0 Å². The Morgan fingerprint density at radius 3 is 2.78 bits per heavy atom. The van der Waals surface area contributed by atoms with Crippen LogP contribution in [0, 0.1) is 10.1 Å². The first kappa shape index (κ1) is 20.9. The fourth-order valence-electron chi connectivity index (χ4n) is 2.59. The summed E-state index contributed by atoms with van der Waals surface area (Å²) in [4.78, 5) is 25.3. The predicted molar refractivity (Wildman–Crippen MR) is 107 cm³/mol. The first-order valence-electron chi connectivity index (χ1n) is 8.18. The SMILES string of the molecule is C=CC[NH+](Cc1ccc(Cl)s1)[C@H](C)C(=O)Nc1cc([N+](=O)[O-])ccc1OC. The van der Waals surface area contributed by atoms with Gasteiger partial charge in [-0.2, -0.15) is 0 Å². The van der Waals surface area contributed by atoms with Crippen molar-refractivity contribution >= 4 is 40.2 Å². The summed E-state index contributed by atoms with van der Waals surface area (Å²) < 4.78 is 5.89. The van der Waals surface area contributed by atoms with Crippen molar-refractivity contribution in [1.29, 1.82) is 0 Å². The maximum Gasteiger partial charge on any atom is 0.282 e. The zero-order chi connectivity index (χ0) is 20.0. The molecular formula is C18H21ClN3O4S+. The van der Waals surface area contributed by atoms with Crippen molar-refractivity contribution in [1.82, 2.24) is 0 Å². The number of carbonyl (C=O) groups excluding carboxylic acids is 1. The van der Waals surface area contributed by atoms with E-state index in [2.05, 4.69) is 11.9 Å². The van der Waals surface area contributed by atoms with Crippen LogP contribution in [0.2, 0.25) is 4.34 Å².